The molecule has 0 N–H and O–H groups in total. The van der Waals surface area contributed by atoms with Gasteiger partial charge in [0.25, 0.3) is 0 Å². The van der Waals surface area contributed by atoms with Crippen LogP contribution in [0.25, 0.3) is 0 Å². The van der Waals surface area contributed by atoms with E-state index in [1.807, 2.05) is 19.1 Å². The molecule has 1 rings (SSSR count). The molecule has 2 nitrogen and oxygen atoms in total. The van der Waals surface area contributed by atoms with Gasteiger partial charge in [-0.3, -0.25) is 0 Å². The molecule has 0 amide bonds. The summed E-state index contributed by atoms with van der Waals surface area (Å²) in [6.45, 7) is 4.20. The fraction of sp³-hybridized carbons (Fsp3) is 0.455. The van der Waals surface area contributed by atoms with Crippen LogP contribution in [-0.2, 0) is 6.42 Å². The third kappa shape index (κ3) is 3.58. The first-order chi connectivity index (χ1) is 6.59. The van der Waals surface area contributed by atoms with Crippen LogP contribution in [-0.4, -0.2) is 18.0 Å². The number of hydrogen-bond donors (Lipinski definition) is 0. The average Bonchev–Trinajstić information content (AvgIpc) is 2.55. The van der Waals surface area contributed by atoms with E-state index in [1.54, 1.807) is 6.26 Å². The van der Waals surface area contributed by atoms with Crippen molar-refractivity contribution in [2.75, 3.05) is 7.05 Å². The first kappa shape index (κ1) is 11.4. The largest absolute Gasteiger partial charge is 0.469 e. The van der Waals surface area contributed by atoms with Crippen molar-refractivity contribution < 1.29 is 4.42 Å². The Morgan fingerprint density at radius 1 is 1.71 bits per heavy atom. The Bertz CT molecular complexity index is 288. The molecular formula is C11H16BrNO. The molecule has 1 unspecified atom stereocenters. The van der Waals surface area contributed by atoms with Crippen molar-refractivity contribution in [3.05, 3.63) is 34.8 Å². The first-order valence-electron chi connectivity index (χ1n) is 4.68. The molecule has 3 heteroatoms. The lowest BCUT2D eigenvalue weighted by Crippen LogP contribution is -2.25. The number of hydrogen-bond acceptors (Lipinski definition) is 2. The van der Waals surface area contributed by atoms with Gasteiger partial charge in [-0.05, 0) is 26.0 Å². The van der Waals surface area contributed by atoms with E-state index in [-0.39, 0.29) is 0 Å². The third-order valence-electron chi connectivity index (χ3n) is 2.15. The summed E-state index contributed by atoms with van der Waals surface area (Å²) in [5, 5.41) is 0. The lowest BCUT2D eigenvalue weighted by molar-refractivity contribution is 0.329. The minimum absolute atomic E-state index is 0.439. The highest BCUT2D eigenvalue weighted by atomic mass is 79.9. The molecule has 1 atom stereocenters. The summed E-state index contributed by atoms with van der Waals surface area (Å²) in [5.74, 6) is 1.03. The van der Waals surface area contributed by atoms with E-state index >= 15 is 0 Å². The maximum absolute atomic E-state index is 5.30. The lowest BCUT2D eigenvalue weighted by atomic mass is 10.2. The summed E-state index contributed by atoms with van der Waals surface area (Å²) in [7, 11) is 2.07. The molecule has 0 saturated heterocycles. The average molecular weight is 258 g/mol. The van der Waals surface area contributed by atoms with Gasteiger partial charge in [0.15, 0.2) is 0 Å². The Kier molecular flexibility index (Phi) is 4.26. The quantitative estimate of drug-likeness (QED) is 0.823. The third-order valence-corrected chi connectivity index (χ3v) is 2.36. The van der Waals surface area contributed by atoms with Crippen molar-refractivity contribution in [3.63, 3.8) is 0 Å². The van der Waals surface area contributed by atoms with Crippen LogP contribution in [0.1, 0.15) is 19.6 Å². The number of nitrogens with zero attached hydrogens (tertiary/aromatic N) is 1. The molecule has 14 heavy (non-hydrogen) atoms. The zero-order valence-corrected chi connectivity index (χ0v) is 10.4. The zero-order valence-electron chi connectivity index (χ0n) is 8.83. The molecule has 1 aromatic rings. The summed E-state index contributed by atoms with van der Waals surface area (Å²) >= 11 is 3.42. The van der Waals surface area contributed by atoms with E-state index in [4.69, 9.17) is 4.42 Å². The van der Waals surface area contributed by atoms with E-state index in [1.165, 1.54) is 0 Å². The molecular weight excluding hydrogens is 242 g/mol. The Morgan fingerprint density at radius 3 is 2.93 bits per heavy atom. The highest BCUT2D eigenvalue weighted by molar-refractivity contribution is 9.11. The summed E-state index contributed by atoms with van der Waals surface area (Å²) < 4.78 is 6.43. The van der Waals surface area contributed by atoms with Crippen molar-refractivity contribution in [2.45, 2.75) is 26.3 Å². The van der Waals surface area contributed by atoms with E-state index in [0.29, 0.717) is 6.04 Å². The summed E-state index contributed by atoms with van der Waals surface area (Å²) in [6.07, 6.45) is 4.72. The first-order valence-corrected chi connectivity index (χ1v) is 5.47. The van der Waals surface area contributed by atoms with Crippen molar-refractivity contribution >= 4 is 15.9 Å². The van der Waals surface area contributed by atoms with Crippen LogP contribution in [0.15, 0.2) is 33.5 Å². The van der Waals surface area contributed by atoms with Crippen molar-refractivity contribution in [2.24, 2.45) is 0 Å². The monoisotopic (exact) mass is 257 g/mol. The predicted octanol–water partition coefficient (Wildman–Crippen LogP) is 3.40. The normalized spacial score (nSPS) is 14.1. The SMILES string of the molecule is CC(Br)=CN(C)C(C)Cc1ccco1. The second-order valence-corrected chi connectivity index (χ2v) is 4.76. The van der Waals surface area contributed by atoms with E-state index in [9.17, 15) is 0 Å². The molecule has 0 aliphatic rings. The van der Waals surface area contributed by atoms with Crippen LogP contribution in [0.5, 0.6) is 0 Å². The Hall–Kier alpha value is -0.700. The zero-order chi connectivity index (χ0) is 10.6. The topological polar surface area (TPSA) is 16.4 Å². The van der Waals surface area contributed by atoms with Gasteiger partial charge in [0.2, 0.25) is 0 Å². The highest BCUT2D eigenvalue weighted by Gasteiger charge is 2.08. The predicted molar refractivity (Wildman–Crippen MR) is 62.3 cm³/mol. The maximum Gasteiger partial charge on any atom is 0.105 e. The van der Waals surface area contributed by atoms with Gasteiger partial charge >= 0.3 is 0 Å². The molecule has 0 bridgehead atoms. The Labute approximate surface area is 93.7 Å². The van der Waals surface area contributed by atoms with Crippen LogP contribution in [0.4, 0.5) is 0 Å². The smallest absolute Gasteiger partial charge is 0.105 e. The molecule has 1 heterocycles. The van der Waals surface area contributed by atoms with Gasteiger partial charge in [0.1, 0.15) is 5.76 Å². The maximum atomic E-state index is 5.30. The fourth-order valence-corrected chi connectivity index (χ4v) is 1.59. The molecule has 0 aliphatic carbocycles. The van der Waals surface area contributed by atoms with E-state index < -0.39 is 0 Å². The van der Waals surface area contributed by atoms with Crippen molar-refractivity contribution in [1.82, 2.24) is 4.90 Å². The minimum Gasteiger partial charge on any atom is -0.469 e. The van der Waals surface area contributed by atoms with Crippen molar-refractivity contribution in [3.8, 4) is 0 Å². The van der Waals surface area contributed by atoms with Gasteiger partial charge in [0.05, 0.1) is 6.26 Å². The van der Waals surface area contributed by atoms with Gasteiger partial charge in [-0.2, -0.15) is 0 Å². The van der Waals surface area contributed by atoms with Crippen molar-refractivity contribution in [1.29, 1.82) is 0 Å². The van der Waals surface area contributed by atoms with Crippen LogP contribution < -0.4 is 0 Å². The molecule has 0 fully saturated rings. The second kappa shape index (κ2) is 5.25. The molecule has 0 aromatic carbocycles. The molecule has 0 spiro atoms. The summed E-state index contributed by atoms with van der Waals surface area (Å²) in [4.78, 5) is 2.17. The van der Waals surface area contributed by atoms with Crippen LogP contribution in [0.3, 0.4) is 0 Å². The minimum atomic E-state index is 0.439. The Balaban J connectivity index is 2.50. The molecule has 0 saturated carbocycles. The molecule has 0 aliphatic heterocycles. The van der Waals surface area contributed by atoms with Crippen LogP contribution >= 0.6 is 15.9 Å². The molecule has 78 valence electrons. The highest BCUT2D eigenvalue weighted by Crippen LogP contribution is 2.11. The van der Waals surface area contributed by atoms with E-state index in [2.05, 4.69) is 41.0 Å². The molecule has 1 aromatic heterocycles. The summed E-state index contributed by atoms with van der Waals surface area (Å²) in [5.41, 5.74) is 0. The van der Waals surface area contributed by atoms with Gasteiger partial charge in [-0.15, -0.1) is 0 Å². The number of likely N-dealkylation sites (N-methyl/N-ethyl adjacent to an activating group) is 1. The fourth-order valence-electron chi connectivity index (χ4n) is 1.27. The summed E-state index contributed by atoms with van der Waals surface area (Å²) in [6, 6.07) is 4.37. The number of allylic oxidation sites excluding steroid dienone is 1. The lowest BCUT2D eigenvalue weighted by Gasteiger charge is -2.22. The Morgan fingerprint density at radius 2 is 2.43 bits per heavy atom. The number of halogens is 1. The number of rotatable bonds is 4. The van der Waals surface area contributed by atoms with E-state index in [0.717, 1.165) is 16.7 Å². The molecule has 0 radical (unpaired) electrons. The van der Waals surface area contributed by atoms with Gasteiger partial charge < -0.3 is 9.32 Å². The van der Waals surface area contributed by atoms with Crippen LogP contribution in [0, 0.1) is 0 Å². The standard InChI is InChI=1S/C11H16BrNO/c1-9(12)8-13(3)10(2)7-11-5-4-6-14-11/h4-6,8,10H,7H2,1-3H3. The van der Waals surface area contributed by atoms with Gasteiger partial charge in [-0.25, -0.2) is 0 Å². The van der Waals surface area contributed by atoms with Gasteiger partial charge in [0, 0.05) is 30.2 Å². The second-order valence-electron chi connectivity index (χ2n) is 3.51. The van der Waals surface area contributed by atoms with Gasteiger partial charge in [-0.1, -0.05) is 15.9 Å². The van der Waals surface area contributed by atoms with Crippen LogP contribution in [0.2, 0.25) is 0 Å². The number of furan rings is 1.